The predicted molar refractivity (Wildman–Crippen MR) is 137 cm³/mol. The van der Waals surface area contributed by atoms with Crippen molar-refractivity contribution in [1.82, 2.24) is 0 Å². The molecule has 0 saturated heterocycles. The summed E-state index contributed by atoms with van der Waals surface area (Å²) in [5, 5.41) is 4.02. The molecule has 5 rings (SSSR count). The van der Waals surface area contributed by atoms with Crippen LogP contribution in [-0.4, -0.2) is 13.0 Å². The number of furan rings is 1. The SMILES string of the molecule is COc1cccc2cc(C(=O)Nc3ccc4c(=O)cc(-c5ccc(C(C)(C)C)cc5)oc4c3)oc12. The second kappa shape index (κ2) is 8.47. The first-order valence-electron chi connectivity index (χ1n) is 11.3. The van der Waals surface area contributed by atoms with Crippen molar-refractivity contribution < 1.29 is 18.4 Å². The molecule has 2 heterocycles. The summed E-state index contributed by atoms with van der Waals surface area (Å²) in [7, 11) is 1.55. The highest BCUT2D eigenvalue weighted by atomic mass is 16.5. The molecule has 35 heavy (non-hydrogen) atoms. The molecule has 0 aliphatic rings. The maximum Gasteiger partial charge on any atom is 0.291 e. The second-order valence-electron chi connectivity index (χ2n) is 9.46. The van der Waals surface area contributed by atoms with Gasteiger partial charge in [-0.25, -0.2) is 0 Å². The molecule has 176 valence electrons. The third-order valence-electron chi connectivity index (χ3n) is 5.97. The lowest BCUT2D eigenvalue weighted by Crippen LogP contribution is -2.11. The predicted octanol–water partition coefficient (Wildman–Crippen LogP) is 6.76. The molecule has 6 heteroatoms. The Kier molecular flexibility index (Phi) is 5.44. The molecule has 1 amide bonds. The summed E-state index contributed by atoms with van der Waals surface area (Å²) >= 11 is 0. The number of hydrogen-bond donors (Lipinski definition) is 1. The molecular formula is C29H25NO5. The summed E-state index contributed by atoms with van der Waals surface area (Å²) < 4.78 is 17.1. The Morgan fingerprint density at radius 3 is 2.40 bits per heavy atom. The van der Waals surface area contributed by atoms with Crippen molar-refractivity contribution in [2.75, 3.05) is 12.4 Å². The van der Waals surface area contributed by atoms with Crippen LogP contribution in [0, 0.1) is 0 Å². The molecule has 0 radical (unpaired) electrons. The minimum Gasteiger partial charge on any atom is -0.493 e. The smallest absolute Gasteiger partial charge is 0.291 e. The van der Waals surface area contributed by atoms with Crippen LogP contribution in [0.5, 0.6) is 5.75 Å². The number of carbonyl (C=O) groups excluding carboxylic acids is 1. The second-order valence-corrected chi connectivity index (χ2v) is 9.46. The quantitative estimate of drug-likeness (QED) is 0.316. The van der Waals surface area contributed by atoms with Gasteiger partial charge in [0.15, 0.2) is 22.5 Å². The van der Waals surface area contributed by atoms with Crippen molar-refractivity contribution in [3.63, 3.8) is 0 Å². The van der Waals surface area contributed by atoms with Gasteiger partial charge in [0.05, 0.1) is 12.5 Å². The lowest BCUT2D eigenvalue weighted by molar-refractivity contribution is 0.0998. The number of fused-ring (bicyclic) bond motifs is 2. The van der Waals surface area contributed by atoms with E-state index in [9.17, 15) is 9.59 Å². The highest BCUT2D eigenvalue weighted by Crippen LogP contribution is 2.30. The minimum absolute atomic E-state index is 0.0286. The van der Waals surface area contributed by atoms with Gasteiger partial charge in [-0.1, -0.05) is 57.2 Å². The van der Waals surface area contributed by atoms with Crippen LogP contribution in [0.4, 0.5) is 5.69 Å². The lowest BCUT2D eigenvalue weighted by Gasteiger charge is -2.19. The van der Waals surface area contributed by atoms with Crippen LogP contribution in [0.25, 0.3) is 33.3 Å². The number of benzene rings is 3. The largest absolute Gasteiger partial charge is 0.493 e. The molecule has 0 spiro atoms. The van der Waals surface area contributed by atoms with E-state index in [0.29, 0.717) is 33.7 Å². The van der Waals surface area contributed by atoms with Crippen LogP contribution < -0.4 is 15.5 Å². The Bertz CT molecular complexity index is 1620. The topological polar surface area (TPSA) is 81.7 Å². The number of para-hydroxylation sites is 1. The zero-order valence-corrected chi connectivity index (χ0v) is 20.0. The number of rotatable bonds is 4. The number of hydrogen-bond acceptors (Lipinski definition) is 5. The first-order valence-corrected chi connectivity index (χ1v) is 11.3. The third kappa shape index (κ3) is 4.30. The van der Waals surface area contributed by atoms with E-state index in [1.165, 1.54) is 11.6 Å². The normalized spacial score (nSPS) is 11.7. The summed E-state index contributed by atoms with van der Waals surface area (Å²) in [5.74, 6) is 0.755. The summed E-state index contributed by atoms with van der Waals surface area (Å²) in [6.45, 7) is 6.45. The number of methoxy groups -OCH3 is 1. The Hall–Kier alpha value is -4.32. The maximum absolute atomic E-state index is 12.8. The fourth-order valence-electron chi connectivity index (χ4n) is 4.01. The highest BCUT2D eigenvalue weighted by Gasteiger charge is 2.17. The van der Waals surface area contributed by atoms with Crippen LogP contribution in [0.15, 0.2) is 86.4 Å². The van der Waals surface area contributed by atoms with Crippen LogP contribution >= 0.6 is 0 Å². The zero-order chi connectivity index (χ0) is 24.7. The van der Waals surface area contributed by atoms with E-state index in [1.807, 2.05) is 36.4 Å². The Balaban J connectivity index is 1.46. The van der Waals surface area contributed by atoms with E-state index in [2.05, 4.69) is 26.1 Å². The van der Waals surface area contributed by atoms with Gasteiger partial charge in [0.2, 0.25) is 0 Å². The van der Waals surface area contributed by atoms with Gasteiger partial charge in [-0.15, -0.1) is 0 Å². The van der Waals surface area contributed by atoms with E-state index in [4.69, 9.17) is 13.6 Å². The van der Waals surface area contributed by atoms with Crippen molar-refractivity contribution >= 4 is 33.5 Å². The molecule has 0 aliphatic carbocycles. The molecule has 0 atom stereocenters. The molecule has 6 nitrogen and oxygen atoms in total. The first kappa shape index (κ1) is 22.5. The highest BCUT2D eigenvalue weighted by molar-refractivity contribution is 6.05. The van der Waals surface area contributed by atoms with Crippen LogP contribution in [0.2, 0.25) is 0 Å². The molecule has 0 aliphatic heterocycles. The fourth-order valence-corrected chi connectivity index (χ4v) is 4.01. The van der Waals surface area contributed by atoms with E-state index >= 15 is 0 Å². The Morgan fingerprint density at radius 2 is 1.69 bits per heavy atom. The molecular weight excluding hydrogens is 442 g/mol. The van der Waals surface area contributed by atoms with Crippen molar-refractivity contribution in [2.45, 2.75) is 26.2 Å². The zero-order valence-electron chi connectivity index (χ0n) is 20.0. The van der Waals surface area contributed by atoms with Gasteiger partial charge in [-0.3, -0.25) is 9.59 Å². The van der Waals surface area contributed by atoms with Gasteiger partial charge in [0.1, 0.15) is 11.3 Å². The average Bonchev–Trinajstić information content (AvgIpc) is 3.28. The van der Waals surface area contributed by atoms with Crippen molar-refractivity contribution in [2.24, 2.45) is 0 Å². The molecule has 0 unspecified atom stereocenters. The van der Waals surface area contributed by atoms with Gasteiger partial charge >= 0.3 is 0 Å². The van der Waals surface area contributed by atoms with Crippen molar-refractivity contribution in [3.05, 3.63) is 94.3 Å². The fraction of sp³-hybridized carbons (Fsp3) is 0.172. The van der Waals surface area contributed by atoms with E-state index < -0.39 is 5.91 Å². The molecule has 0 bridgehead atoms. The van der Waals surface area contributed by atoms with Gasteiger partial charge < -0.3 is 18.9 Å². The average molecular weight is 468 g/mol. The molecule has 0 saturated carbocycles. The molecule has 5 aromatic rings. The van der Waals surface area contributed by atoms with Gasteiger partial charge in [-0.05, 0) is 35.2 Å². The Morgan fingerprint density at radius 1 is 0.914 bits per heavy atom. The van der Waals surface area contributed by atoms with Crippen LogP contribution in [0.3, 0.4) is 0 Å². The van der Waals surface area contributed by atoms with Crippen molar-refractivity contribution in [3.8, 4) is 17.1 Å². The van der Waals surface area contributed by atoms with Gasteiger partial charge in [0, 0.05) is 28.8 Å². The first-order chi connectivity index (χ1) is 16.7. The maximum atomic E-state index is 12.8. The van der Waals surface area contributed by atoms with Gasteiger partial charge in [0.25, 0.3) is 5.91 Å². The molecule has 1 N–H and O–H groups in total. The summed E-state index contributed by atoms with van der Waals surface area (Å²) in [6, 6.07) is 21.5. The van der Waals surface area contributed by atoms with E-state index in [0.717, 1.165) is 10.9 Å². The number of anilines is 1. The minimum atomic E-state index is -0.418. The summed E-state index contributed by atoms with van der Waals surface area (Å²) in [4.78, 5) is 25.6. The van der Waals surface area contributed by atoms with E-state index in [-0.39, 0.29) is 16.6 Å². The van der Waals surface area contributed by atoms with Gasteiger partial charge in [-0.2, -0.15) is 0 Å². The Labute approximate surface area is 202 Å². The standard InChI is InChI=1S/C29H25NO5/c1-29(2,3)19-10-8-17(9-11-19)24-16-22(31)21-13-12-20(15-25(21)34-24)30-28(32)26-14-18-6-5-7-23(33-4)27(18)35-26/h5-16H,1-4H3,(H,30,32). The number of carbonyl (C=O) groups is 1. The van der Waals surface area contributed by atoms with Crippen LogP contribution in [0.1, 0.15) is 36.9 Å². The van der Waals surface area contributed by atoms with Crippen molar-refractivity contribution in [1.29, 1.82) is 0 Å². The number of nitrogens with one attached hydrogen (secondary N) is 1. The molecule has 3 aromatic carbocycles. The monoisotopic (exact) mass is 467 g/mol. The summed E-state index contributed by atoms with van der Waals surface area (Å²) in [5.41, 5.74) is 3.26. The number of ether oxygens (including phenoxy) is 1. The lowest BCUT2D eigenvalue weighted by atomic mass is 9.86. The number of amides is 1. The summed E-state index contributed by atoms with van der Waals surface area (Å²) in [6.07, 6.45) is 0. The molecule has 2 aromatic heterocycles. The van der Waals surface area contributed by atoms with E-state index in [1.54, 1.807) is 37.4 Å². The molecule has 0 fully saturated rings. The van der Waals surface area contributed by atoms with Crippen LogP contribution in [-0.2, 0) is 5.41 Å². The third-order valence-corrected chi connectivity index (χ3v) is 5.97.